The third-order valence-electron chi connectivity index (χ3n) is 5.27. The summed E-state index contributed by atoms with van der Waals surface area (Å²) in [6.45, 7) is 2.74. The van der Waals surface area contributed by atoms with E-state index < -0.39 is 6.04 Å². The highest BCUT2D eigenvalue weighted by molar-refractivity contribution is 5.83. The van der Waals surface area contributed by atoms with E-state index in [4.69, 9.17) is 5.73 Å². The van der Waals surface area contributed by atoms with Crippen LogP contribution in [0.25, 0.3) is 0 Å². The maximum Gasteiger partial charge on any atom is 0.237 e. The third kappa shape index (κ3) is 3.78. The van der Waals surface area contributed by atoms with Gasteiger partial charge in [0.25, 0.3) is 0 Å². The Labute approximate surface area is 154 Å². The van der Waals surface area contributed by atoms with Crippen LogP contribution < -0.4 is 5.73 Å². The molecule has 1 aliphatic heterocycles. The average Bonchev–Trinajstić information content (AvgIpc) is 2.66. The maximum absolute atomic E-state index is 12.8. The molecule has 136 valence electrons. The van der Waals surface area contributed by atoms with Crippen molar-refractivity contribution in [2.24, 2.45) is 5.73 Å². The van der Waals surface area contributed by atoms with E-state index in [0.29, 0.717) is 13.0 Å². The number of carbonyl (C=O) groups is 2. The highest BCUT2D eigenvalue weighted by atomic mass is 16.2. The van der Waals surface area contributed by atoms with Gasteiger partial charge in [-0.25, -0.2) is 0 Å². The molecule has 3 rings (SSSR count). The van der Waals surface area contributed by atoms with Crippen molar-refractivity contribution in [2.75, 3.05) is 13.6 Å². The van der Waals surface area contributed by atoms with Gasteiger partial charge < -0.3 is 10.6 Å². The molecule has 0 spiro atoms. The van der Waals surface area contributed by atoms with E-state index >= 15 is 0 Å². The average molecular weight is 351 g/mol. The summed E-state index contributed by atoms with van der Waals surface area (Å²) < 4.78 is 0. The minimum Gasteiger partial charge on any atom is -0.368 e. The second-order valence-corrected chi connectivity index (χ2v) is 6.89. The van der Waals surface area contributed by atoms with Crippen molar-refractivity contribution in [1.29, 1.82) is 0 Å². The first-order valence-electron chi connectivity index (χ1n) is 8.88. The third-order valence-corrected chi connectivity index (χ3v) is 5.27. The molecule has 0 saturated carbocycles. The van der Waals surface area contributed by atoms with Crippen LogP contribution in [-0.2, 0) is 22.6 Å². The molecule has 0 aliphatic carbocycles. The quantitative estimate of drug-likeness (QED) is 0.897. The van der Waals surface area contributed by atoms with E-state index in [1.54, 1.807) is 11.9 Å². The van der Waals surface area contributed by atoms with E-state index in [2.05, 4.69) is 0 Å². The SMILES string of the molecule is CC(c1ccccc1)N(C)C(=O)CN1Cc2ccccc2CC1C(N)=O. The monoisotopic (exact) mass is 351 g/mol. The highest BCUT2D eigenvalue weighted by Gasteiger charge is 2.32. The first-order chi connectivity index (χ1) is 12.5. The first-order valence-corrected chi connectivity index (χ1v) is 8.88. The van der Waals surface area contributed by atoms with Gasteiger partial charge in [-0.2, -0.15) is 0 Å². The Hall–Kier alpha value is -2.66. The first kappa shape index (κ1) is 18.1. The number of hydrogen-bond acceptors (Lipinski definition) is 3. The van der Waals surface area contributed by atoms with Gasteiger partial charge in [0, 0.05) is 13.6 Å². The van der Waals surface area contributed by atoms with Crippen LogP contribution in [0.4, 0.5) is 0 Å². The zero-order valence-corrected chi connectivity index (χ0v) is 15.3. The minimum absolute atomic E-state index is 0.0213. The standard InChI is InChI=1S/C21H25N3O2/c1-15(16-8-4-3-5-9-16)23(2)20(25)14-24-13-18-11-7-6-10-17(18)12-19(24)21(22)26/h3-11,15,19H,12-14H2,1-2H3,(H2,22,26). The molecule has 2 N–H and O–H groups in total. The lowest BCUT2D eigenvalue weighted by Gasteiger charge is -2.36. The van der Waals surface area contributed by atoms with Crippen LogP contribution in [-0.4, -0.2) is 41.2 Å². The van der Waals surface area contributed by atoms with E-state index in [0.717, 1.165) is 16.7 Å². The van der Waals surface area contributed by atoms with Crippen LogP contribution in [0.2, 0.25) is 0 Å². The topological polar surface area (TPSA) is 66.6 Å². The van der Waals surface area contributed by atoms with E-state index in [9.17, 15) is 9.59 Å². The number of fused-ring (bicyclic) bond motifs is 1. The molecule has 2 aromatic carbocycles. The van der Waals surface area contributed by atoms with Gasteiger partial charge in [-0.05, 0) is 30.0 Å². The number of amides is 2. The van der Waals surface area contributed by atoms with Gasteiger partial charge in [-0.3, -0.25) is 14.5 Å². The molecule has 2 atom stereocenters. The van der Waals surface area contributed by atoms with Crippen molar-refractivity contribution in [2.45, 2.75) is 32.0 Å². The number of likely N-dealkylation sites (N-methyl/N-ethyl adjacent to an activating group) is 1. The number of nitrogens with zero attached hydrogens (tertiary/aromatic N) is 2. The summed E-state index contributed by atoms with van der Waals surface area (Å²) in [7, 11) is 1.80. The number of hydrogen-bond donors (Lipinski definition) is 1. The Balaban J connectivity index is 1.74. The van der Waals surface area contributed by atoms with Gasteiger partial charge >= 0.3 is 0 Å². The molecule has 0 fully saturated rings. The fraction of sp³-hybridized carbons (Fsp3) is 0.333. The van der Waals surface area contributed by atoms with Gasteiger partial charge in [0.1, 0.15) is 0 Å². The smallest absolute Gasteiger partial charge is 0.237 e. The lowest BCUT2D eigenvalue weighted by molar-refractivity contribution is -0.135. The van der Waals surface area contributed by atoms with Crippen molar-refractivity contribution in [3.8, 4) is 0 Å². The predicted molar refractivity (Wildman–Crippen MR) is 101 cm³/mol. The summed E-state index contributed by atoms with van der Waals surface area (Å²) in [5, 5.41) is 0. The maximum atomic E-state index is 12.8. The Morgan fingerprint density at radius 2 is 1.73 bits per heavy atom. The number of carbonyl (C=O) groups excluding carboxylic acids is 2. The van der Waals surface area contributed by atoms with E-state index in [-0.39, 0.29) is 24.4 Å². The van der Waals surface area contributed by atoms with Crippen molar-refractivity contribution in [3.63, 3.8) is 0 Å². The molecule has 1 aliphatic rings. The molecule has 2 aromatic rings. The Morgan fingerprint density at radius 1 is 1.12 bits per heavy atom. The van der Waals surface area contributed by atoms with Crippen LogP contribution in [0.3, 0.4) is 0 Å². The molecule has 0 saturated heterocycles. The molecular formula is C21H25N3O2. The second-order valence-electron chi connectivity index (χ2n) is 6.89. The van der Waals surface area contributed by atoms with Gasteiger partial charge in [-0.1, -0.05) is 54.6 Å². The largest absolute Gasteiger partial charge is 0.368 e. The molecule has 26 heavy (non-hydrogen) atoms. The van der Waals surface area contributed by atoms with E-state index in [1.165, 1.54) is 0 Å². The Kier molecular flexibility index (Phi) is 5.38. The molecule has 0 aromatic heterocycles. The molecular weight excluding hydrogens is 326 g/mol. The zero-order valence-electron chi connectivity index (χ0n) is 15.3. The lowest BCUT2D eigenvalue weighted by atomic mass is 9.93. The fourth-order valence-corrected chi connectivity index (χ4v) is 3.48. The van der Waals surface area contributed by atoms with Crippen LogP contribution in [0.1, 0.15) is 29.7 Å². The molecule has 0 radical (unpaired) electrons. The van der Waals surface area contributed by atoms with Gasteiger partial charge in [0.2, 0.25) is 11.8 Å². The fourth-order valence-electron chi connectivity index (χ4n) is 3.48. The van der Waals surface area contributed by atoms with Crippen molar-refractivity contribution >= 4 is 11.8 Å². The summed E-state index contributed by atoms with van der Waals surface area (Å²) in [5.74, 6) is -0.405. The number of primary amides is 1. The van der Waals surface area contributed by atoms with Gasteiger partial charge in [0.05, 0.1) is 18.6 Å². The summed E-state index contributed by atoms with van der Waals surface area (Å²) in [6, 6.07) is 17.4. The van der Waals surface area contributed by atoms with Crippen LogP contribution in [0.15, 0.2) is 54.6 Å². The zero-order chi connectivity index (χ0) is 18.7. The molecule has 5 heteroatoms. The van der Waals surface area contributed by atoms with Gasteiger partial charge in [-0.15, -0.1) is 0 Å². The summed E-state index contributed by atoms with van der Waals surface area (Å²) in [4.78, 5) is 28.4. The van der Waals surface area contributed by atoms with Crippen molar-refractivity contribution < 1.29 is 9.59 Å². The predicted octanol–water partition coefficient (Wildman–Crippen LogP) is 2.12. The number of nitrogens with two attached hydrogens (primary N) is 1. The molecule has 0 bridgehead atoms. The van der Waals surface area contributed by atoms with Crippen LogP contribution in [0.5, 0.6) is 0 Å². The molecule has 1 heterocycles. The van der Waals surface area contributed by atoms with Crippen molar-refractivity contribution in [3.05, 3.63) is 71.3 Å². The summed E-state index contributed by atoms with van der Waals surface area (Å²) >= 11 is 0. The summed E-state index contributed by atoms with van der Waals surface area (Å²) in [5.41, 5.74) is 8.97. The number of rotatable bonds is 5. The Morgan fingerprint density at radius 3 is 2.38 bits per heavy atom. The summed E-state index contributed by atoms with van der Waals surface area (Å²) in [6.07, 6.45) is 0.552. The van der Waals surface area contributed by atoms with Crippen molar-refractivity contribution in [1.82, 2.24) is 9.80 Å². The highest BCUT2D eigenvalue weighted by Crippen LogP contribution is 2.24. The molecule has 2 amide bonds. The number of benzene rings is 2. The molecule has 5 nitrogen and oxygen atoms in total. The van der Waals surface area contributed by atoms with E-state index in [1.807, 2.05) is 66.4 Å². The van der Waals surface area contributed by atoms with Crippen LogP contribution >= 0.6 is 0 Å². The molecule has 2 unspecified atom stereocenters. The van der Waals surface area contributed by atoms with Gasteiger partial charge in [0.15, 0.2) is 0 Å². The second kappa shape index (κ2) is 7.70. The minimum atomic E-state index is -0.450. The Bertz CT molecular complexity index is 791. The van der Waals surface area contributed by atoms with Crippen LogP contribution in [0, 0.1) is 0 Å². The lowest BCUT2D eigenvalue weighted by Crippen LogP contribution is -2.52. The normalized spacial score (nSPS) is 18.0.